The number of carbonyl (C=O) groups excluding carboxylic acids is 1. The van der Waals surface area contributed by atoms with Crippen molar-refractivity contribution in [3.63, 3.8) is 0 Å². The van der Waals surface area contributed by atoms with Gasteiger partial charge in [-0.1, -0.05) is 67.0 Å². The summed E-state index contributed by atoms with van der Waals surface area (Å²) in [4.78, 5) is 12.5. The van der Waals surface area contributed by atoms with Crippen molar-refractivity contribution in [1.29, 1.82) is 0 Å². The average Bonchev–Trinajstić information content (AvgIpc) is 3.40. The van der Waals surface area contributed by atoms with Crippen molar-refractivity contribution < 1.29 is 28.8 Å². The standard InChI is InChI=1S/C41H67NO6/c1-9-31-35-25-30(48-26-46-24-23-45-8)18-20-41(35,7)34-19-21-40(6)32(16-17-33(40)36(34)37(31)43)27(2)11-10-22-47-38(44)42-29-14-12-28(13-15-29)39(3,4)5/h12-15,27,30-37,43H,9-11,16-26H2,1-8H3,(H,42,44)/t27-,30-,31-,32-,33+,34+,35+,36+,37-,40-,41-/m1/s1. The van der Waals surface area contributed by atoms with Crippen molar-refractivity contribution in [2.45, 2.75) is 130 Å². The van der Waals surface area contributed by atoms with Gasteiger partial charge in [0.05, 0.1) is 32.0 Å². The number of carbonyl (C=O) groups is 1. The first-order valence-electron chi connectivity index (χ1n) is 19.2. The number of hydrogen-bond donors (Lipinski definition) is 2. The van der Waals surface area contributed by atoms with Crippen LogP contribution in [0.3, 0.4) is 0 Å². The van der Waals surface area contributed by atoms with Gasteiger partial charge in [0, 0.05) is 12.8 Å². The molecular formula is C41H67NO6. The second-order valence-corrected chi connectivity index (χ2v) is 17.5. The molecule has 0 spiro atoms. The predicted molar refractivity (Wildman–Crippen MR) is 192 cm³/mol. The zero-order chi connectivity index (χ0) is 34.7. The Morgan fingerprint density at radius 1 is 0.979 bits per heavy atom. The van der Waals surface area contributed by atoms with Crippen molar-refractivity contribution in [1.82, 2.24) is 0 Å². The smallest absolute Gasteiger partial charge is 0.411 e. The van der Waals surface area contributed by atoms with Crippen molar-refractivity contribution in [3.05, 3.63) is 29.8 Å². The summed E-state index contributed by atoms with van der Waals surface area (Å²) >= 11 is 0. The molecule has 1 aromatic rings. The maximum absolute atomic E-state index is 12.5. The molecule has 48 heavy (non-hydrogen) atoms. The van der Waals surface area contributed by atoms with Crippen LogP contribution >= 0.6 is 0 Å². The van der Waals surface area contributed by atoms with Gasteiger partial charge in [0.25, 0.3) is 0 Å². The molecule has 0 radical (unpaired) electrons. The van der Waals surface area contributed by atoms with E-state index in [1.165, 1.54) is 37.7 Å². The Morgan fingerprint density at radius 3 is 2.38 bits per heavy atom. The zero-order valence-corrected chi connectivity index (χ0v) is 31.4. The molecule has 1 amide bonds. The molecule has 7 heteroatoms. The van der Waals surface area contributed by atoms with Crippen LogP contribution in [0.5, 0.6) is 0 Å². The number of anilines is 1. The lowest BCUT2D eigenvalue weighted by Gasteiger charge is -2.65. The molecule has 1 aromatic carbocycles. The molecule has 4 aliphatic rings. The number of amides is 1. The van der Waals surface area contributed by atoms with E-state index in [2.05, 4.69) is 65.9 Å². The Morgan fingerprint density at radius 2 is 1.69 bits per heavy atom. The van der Waals surface area contributed by atoms with Crippen LogP contribution in [-0.2, 0) is 24.4 Å². The summed E-state index contributed by atoms with van der Waals surface area (Å²) < 4.78 is 22.5. The Labute approximate surface area is 291 Å². The third kappa shape index (κ3) is 7.80. The van der Waals surface area contributed by atoms with Crippen molar-refractivity contribution >= 4 is 11.8 Å². The maximum Gasteiger partial charge on any atom is 0.411 e. The number of benzene rings is 1. The number of aliphatic hydroxyl groups is 1. The van der Waals surface area contributed by atoms with Crippen LogP contribution in [0, 0.1) is 52.3 Å². The lowest BCUT2D eigenvalue weighted by Crippen LogP contribution is -2.62. The SMILES string of the molecule is CC[C@H]1[C@@H](O)[C@@H]2[C@H](CC[C@]3(C)[C@@H]([C@H](C)CCCOC(=O)Nc4ccc(C(C)(C)C)cc4)CC[C@@H]23)[C@@]2(C)CC[C@@H](OCOCCOC)C[C@@H]12. The van der Waals surface area contributed by atoms with E-state index in [4.69, 9.17) is 18.9 Å². The normalized spacial score (nSPS) is 36.9. The van der Waals surface area contributed by atoms with Crippen LogP contribution in [0.4, 0.5) is 10.5 Å². The number of nitrogens with one attached hydrogen (secondary N) is 1. The molecule has 0 unspecified atom stereocenters. The lowest BCUT2D eigenvalue weighted by atomic mass is 9.41. The highest BCUT2D eigenvalue weighted by Crippen LogP contribution is 2.69. The highest BCUT2D eigenvalue weighted by Gasteiger charge is 2.65. The molecule has 0 aromatic heterocycles. The van der Waals surface area contributed by atoms with E-state index in [-0.39, 0.29) is 34.5 Å². The molecule has 4 saturated carbocycles. The average molecular weight is 670 g/mol. The summed E-state index contributed by atoms with van der Waals surface area (Å²) in [5, 5.41) is 15.1. The Bertz CT molecular complexity index is 1180. The van der Waals surface area contributed by atoms with Crippen LogP contribution < -0.4 is 5.32 Å². The minimum Gasteiger partial charge on any atom is -0.449 e. The summed E-state index contributed by atoms with van der Waals surface area (Å²) in [5.41, 5.74) is 2.61. The fourth-order valence-electron chi connectivity index (χ4n) is 11.4. The number of fused-ring (bicyclic) bond motifs is 5. The Kier molecular flexibility index (Phi) is 12.3. The fraction of sp³-hybridized carbons (Fsp3) is 0.829. The van der Waals surface area contributed by atoms with E-state index in [1.807, 2.05) is 12.1 Å². The van der Waals surface area contributed by atoms with Crippen LogP contribution in [0.2, 0.25) is 0 Å². The number of methoxy groups -OCH3 is 1. The zero-order valence-electron chi connectivity index (χ0n) is 31.4. The van der Waals surface area contributed by atoms with Gasteiger partial charge in [-0.25, -0.2) is 4.79 Å². The highest BCUT2D eigenvalue weighted by molar-refractivity contribution is 5.84. The number of ether oxygens (including phenoxy) is 4. The van der Waals surface area contributed by atoms with Crippen LogP contribution in [0.15, 0.2) is 24.3 Å². The van der Waals surface area contributed by atoms with E-state index >= 15 is 0 Å². The van der Waals surface area contributed by atoms with Crippen molar-refractivity contribution in [2.24, 2.45) is 52.3 Å². The van der Waals surface area contributed by atoms with E-state index in [9.17, 15) is 9.90 Å². The third-order valence-electron chi connectivity index (χ3n) is 14.0. The van der Waals surface area contributed by atoms with Gasteiger partial charge in [0.15, 0.2) is 0 Å². The molecule has 2 N–H and O–H groups in total. The second-order valence-electron chi connectivity index (χ2n) is 17.5. The second kappa shape index (κ2) is 15.7. The van der Waals surface area contributed by atoms with E-state index < -0.39 is 0 Å². The Hall–Kier alpha value is -1.67. The summed E-state index contributed by atoms with van der Waals surface area (Å²) in [7, 11) is 1.69. The molecular weight excluding hydrogens is 602 g/mol. The number of rotatable bonds is 13. The molecule has 0 bridgehead atoms. The summed E-state index contributed by atoms with van der Waals surface area (Å²) in [6, 6.07) is 8.03. The molecule has 5 rings (SSSR count). The minimum absolute atomic E-state index is 0.0800. The fourth-order valence-corrected chi connectivity index (χ4v) is 11.4. The first-order chi connectivity index (χ1) is 22.8. The first kappa shape index (κ1) is 37.6. The molecule has 4 aliphatic carbocycles. The quantitative estimate of drug-likeness (QED) is 0.161. The number of aliphatic hydroxyl groups excluding tert-OH is 1. The van der Waals surface area contributed by atoms with Gasteiger partial charge in [-0.05, 0) is 133 Å². The Balaban J connectivity index is 1.14. The van der Waals surface area contributed by atoms with Crippen LogP contribution in [0.25, 0.3) is 0 Å². The largest absolute Gasteiger partial charge is 0.449 e. The van der Waals surface area contributed by atoms with E-state index in [0.29, 0.717) is 68.0 Å². The van der Waals surface area contributed by atoms with Crippen LogP contribution in [-0.4, -0.2) is 57.1 Å². The molecule has 4 fully saturated rings. The predicted octanol–water partition coefficient (Wildman–Crippen LogP) is 9.22. The van der Waals surface area contributed by atoms with Gasteiger partial charge in [-0.3, -0.25) is 5.32 Å². The lowest BCUT2D eigenvalue weighted by molar-refractivity contribution is -0.213. The van der Waals surface area contributed by atoms with E-state index in [1.54, 1.807) is 7.11 Å². The van der Waals surface area contributed by atoms with Gasteiger partial charge in [0.1, 0.15) is 6.79 Å². The molecule has 272 valence electrons. The summed E-state index contributed by atoms with van der Waals surface area (Å²) in [6.45, 7) is 18.3. The molecule has 7 nitrogen and oxygen atoms in total. The topological polar surface area (TPSA) is 86.3 Å². The minimum atomic E-state index is -0.378. The van der Waals surface area contributed by atoms with Gasteiger partial charge < -0.3 is 24.1 Å². The van der Waals surface area contributed by atoms with E-state index in [0.717, 1.165) is 37.8 Å². The van der Waals surface area contributed by atoms with Crippen molar-refractivity contribution in [2.75, 3.05) is 39.0 Å². The maximum atomic E-state index is 12.5. The first-order valence-corrected chi connectivity index (χ1v) is 19.2. The van der Waals surface area contributed by atoms with Gasteiger partial charge in [-0.15, -0.1) is 0 Å². The molecule has 0 saturated heterocycles. The van der Waals surface area contributed by atoms with Crippen LogP contribution in [0.1, 0.15) is 118 Å². The molecule has 11 atom stereocenters. The summed E-state index contributed by atoms with van der Waals surface area (Å²) in [6.07, 6.45) is 10.9. The number of hydrogen-bond acceptors (Lipinski definition) is 6. The molecule has 0 heterocycles. The molecule has 0 aliphatic heterocycles. The monoisotopic (exact) mass is 669 g/mol. The van der Waals surface area contributed by atoms with Gasteiger partial charge >= 0.3 is 6.09 Å². The third-order valence-corrected chi connectivity index (χ3v) is 14.0. The van der Waals surface area contributed by atoms with Crippen molar-refractivity contribution in [3.8, 4) is 0 Å². The van der Waals surface area contributed by atoms with Gasteiger partial charge in [-0.2, -0.15) is 0 Å². The summed E-state index contributed by atoms with van der Waals surface area (Å²) in [5.74, 6) is 3.61. The highest BCUT2D eigenvalue weighted by atomic mass is 16.7. The van der Waals surface area contributed by atoms with Gasteiger partial charge in [0.2, 0.25) is 0 Å².